The number of nitrogens with one attached hydrogen (secondary N) is 1. The first-order chi connectivity index (χ1) is 23.3. The standard InChI is InChI=1S/C37H45F3N8O/c1-35(2)23-42-9-11-47(35)21-25-6-5-10-46(19-25)20-26-12-30-31(32(13-26)37(38,39)40)22-48(34(30)49)29-8-4-7-28(14-29)36(15-27(16-36)18-41)17-33-44-43-24-45(33)3/h4,7-8,12-14,24-25,27,42H,5-6,9-11,15-17,19-23H2,1-3H3/t25-,27?,36?/m0/s1. The monoisotopic (exact) mass is 674 g/mol. The highest BCUT2D eigenvalue weighted by atomic mass is 19.4. The molecule has 1 aliphatic carbocycles. The Balaban J connectivity index is 1.12. The van der Waals surface area contributed by atoms with Crippen molar-refractivity contribution in [2.45, 2.75) is 76.2 Å². The van der Waals surface area contributed by atoms with Gasteiger partial charge in [0.25, 0.3) is 5.91 Å². The molecule has 2 saturated heterocycles. The summed E-state index contributed by atoms with van der Waals surface area (Å²) in [5.74, 6) is 0.735. The predicted octanol–water partition coefficient (Wildman–Crippen LogP) is 5.30. The number of likely N-dealkylation sites (tertiary alicyclic amines) is 1. The molecular weight excluding hydrogens is 629 g/mol. The van der Waals surface area contributed by atoms with Crippen LogP contribution in [0, 0.1) is 23.2 Å². The van der Waals surface area contributed by atoms with Gasteiger partial charge < -0.3 is 14.8 Å². The quantitative estimate of drug-likeness (QED) is 0.347. The average molecular weight is 675 g/mol. The van der Waals surface area contributed by atoms with E-state index in [-0.39, 0.29) is 34.5 Å². The highest BCUT2D eigenvalue weighted by molar-refractivity contribution is 6.10. The fourth-order valence-electron chi connectivity index (χ4n) is 8.63. The molecule has 3 aliphatic heterocycles. The third-order valence-electron chi connectivity index (χ3n) is 11.4. The minimum atomic E-state index is -4.59. The third-order valence-corrected chi connectivity index (χ3v) is 11.4. The van der Waals surface area contributed by atoms with Crippen LogP contribution in [0.4, 0.5) is 18.9 Å². The summed E-state index contributed by atoms with van der Waals surface area (Å²) in [6, 6.07) is 12.9. The van der Waals surface area contributed by atoms with Crippen LogP contribution in [-0.2, 0) is 38.1 Å². The summed E-state index contributed by atoms with van der Waals surface area (Å²) in [6.07, 6.45) is 1.02. The molecule has 1 amide bonds. The van der Waals surface area contributed by atoms with E-state index in [1.54, 1.807) is 18.5 Å². The van der Waals surface area contributed by atoms with E-state index in [0.717, 1.165) is 63.5 Å². The summed E-state index contributed by atoms with van der Waals surface area (Å²) in [5.41, 5.74) is 1.17. The molecule has 3 aromatic rings. The number of nitrogens with zero attached hydrogens (tertiary/aromatic N) is 7. The third kappa shape index (κ3) is 6.60. The van der Waals surface area contributed by atoms with Gasteiger partial charge in [0, 0.05) is 80.9 Å². The van der Waals surface area contributed by atoms with E-state index in [9.17, 15) is 23.2 Å². The number of amides is 1. The van der Waals surface area contributed by atoms with Crippen molar-refractivity contribution in [1.29, 1.82) is 5.26 Å². The van der Waals surface area contributed by atoms with E-state index in [1.165, 1.54) is 11.0 Å². The van der Waals surface area contributed by atoms with Crippen molar-refractivity contribution in [3.05, 3.63) is 76.4 Å². The predicted molar refractivity (Wildman–Crippen MR) is 180 cm³/mol. The molecule has 0 bridgehead atoms. The number of piperazine rings is 1. The van der Waals surface area contributed by atoms with E-state index in [1.807, 2.05) is 29.8 Å². The van der Waals surface area contributed by atoms with E-state index in [4.69, 9.17) is 0 Å². The molecule has 4 aliphatic rings. The molecule has 7 rings (SSSR count). The highest BCUT2D eigenvalue weighted by Crippen LogP contribution is 2.50. The van der Waals surface area contributed by atoms with Crippen LogP contribution in [0.2, 0.25) is 0 Å². The Hall–Kier alpha value is -3.79. The van der Waals surface area contributed by atoms with Gasteiger partial charge in [-0.25, -0.2) is 0 Å². The maximum absolute atomic E-state index is 14.6. The Morgan fingerprint density at radius 3 is 2.67 bits per heavy atom. The molecule has 0 radical (unpaired) electrons. The highest BCUT2D eigenvalue weighted by Gasteiger charge is 2.47. The average Bonchev–Trinajstić information content (AvgIpc) is 3.60. The zero-order chi connectivity index (χ0) is 34.6. The molecule has 4 heterocycles. The molecule has 12 heteroatoms. The lowest BCUT2D eigenvalue weighted by Crippen LogP contribution is -2.59. The molecule has 9 nitrogen and oxygen atoms in total. The summed E-state index contributed by atoms with van der Waals surface area (Å²) in [6.45, 7) is 10.3. The summed E-state index contributed by atoms with van der Waals surface area (Å²) in [5, 5.41) is 21.3. The van der Waals surface area contributed by atoms with Gasteiger partial charge in [-0.05, 0) is 92.9 Å². The Morgan fingerprint density at radius 1 is 1.14 bits per heavy atom. The van der Waals surface area contributed by atoms with E-state index in [2.05, 4.69) is 45.2 Å². The van der Waals surface area contributed by atoms with Crippen molar-refractivity contribution in [2.75, 3.05) is 44.2 Å². The second kappa shape index (κ2) is 12.8. The zero-order valence-electron chi connectivity index (χ0n) is 28.6. The zero-order valence-corrected chi connectivity index (χ0v) is 28.6. The Morgan fingerprint density at radius 2 is 1.96 bits per heavy atom. The number of aryl methyl sites for hydroxylation is 1. The minimum Gasteiger partial charge on any atom is -0.321 e. The van der Waals surface area contributed by atoms with E-state index < -0.39 is 17.6 Å². The normalized spacial score (nSPS) is 26.0. The van der Waals surface area contributed by atoms with Gasteiger partial charge in [0.2, 0.25) is 0 Å². The van der Waals surface area contributed by atoms with Crippen LogP contribution >= 0.6 is 0 Å². The number of hydrogen-bond donors (Lipinski definition) is 1. The fraction of sp³-hybridized carbons (Fsp3) is 0.568. The number of aromatic nitrogens is 3. The molecule has 1 N–H and O–H groups in total. The topological polar surface area (TPSA) is 93.3 Å². The lowest BCUT2D eigenvalue weighted by Gasteiger charge is -2.45. The second-order valence-corrected chi connectivity index (χ2v) is 15.3. The van der Waals surface area contributed by atoms with E-state index in [0.29, 0.717) is 43.0 Å². The number of nitriles is 1. The van der Waals surface area contributed by atoms with Crippen LogP contribution in [0.5, 0.6) is 0 Å². The number of halogens is 3. The van der Waals surface area contributed by atoms with Gasteiger partial charge in [0.15, 0.2) is 0 Å². The van der Waals surface area contributed by atoms with Crippen molar-refractivity contribution in [1.82, 2.24) is 29.9 Å². The lowest BCUT2D eigenvalue weighted by molar-refractivity contribution is -0.138. The number of piperidine rings is 1. The van der Waals surface area contributed by atoms with Crippen LogP contribution in [0.1, 0.15) is 78.0 Å². The van der Waals surface area contributed by atoms with Gasteiger partial charge >= 0.3 is 6.18 Å². The molecule has 1 saturated carbocycles. The van der Waals surface area contributed by atoms with Gasteiger partial charge in [-0.3, -0.25) is 14.6 Å². The molecule has 3 fully saturated rings. The number of benzene rings is 2. The number of carbonyl (C=O) groups is 1. The second-order valence-electron chi connectivity index (χ2n) is 15.3. The molecule has 1 aromatic heterocycles. The van der Waals surface area contributed by atoms with Gasteiger partial charge in [-0.2, -0.15) is 18.4 Å². The lowest BCUT2D eigenvalue weighted by atomic mass is 9.57. The van der Waals surface area contributed by atoms with Crippen molar-refractivity contribution < 1.29 is 18.0 Å². The van der Waals surface area contributed by atoms with Crippen molar-refractivity contribution in [3.63, 3.8) is 0 Å². The first kappa shape index (κ1) is 33.7. The number of carbonyl (C=O) groups excluding carboxylic acids is 1. The SMILES string of the molecule is Cn1cnnc1CC1(c2cccc(N3Cc4c(cc(CN5CCC[C@H](CN6CCNCC6(C)C)C5)cc4C(F)(F)F)C3=O)c2)CC(C#N)C1. The van der Waals surface area contributed by atoms with Crippen LogP contribution in [0.25, 0.3) is 0 Å². The molecule has 260 valence electrons. The van der Waals surface area contributed by atoms with Gasteiger partial charge in [-0.15, -0.1) is 10.2 Å². The fourth-order valence-corrected chi connectivity index (χ4v) is 8.63. The smallest absolute Gasteiger partial charge is 0.321 e. The minimum absolute atomic E-state index is 0.0334. The molecule has 0 unspecified atom stereocenters. The maximum Gasteiger partial charge on any atom is 0.416 e. The van der Waals surface area contributed by atoms with Crippen molar-refractivity contribution in [3.8, 4) is 6.07 Å². The first-order valence-corrected chi connectivity index (χ1v) is 17.4. The van der Waals surface area contributed by atoms with Crippen LogP contribution < -0.4 is 10.2 Å². The molecule has 0 spiro atoms. The summed E-state index contributed by atoms with van der Waals surface area (Å²) < 4.78 is 45.7. The van der Waals surface area contributed by atoms with Crippen molar-refractivity contribution >= 4 is 11.6 Å². The molecule has 2 aromatic carbocycles. The van der Waals surface area contributed by atoms with Gasteiger partial charge in [-0.1, -0.05) is 12.1 Å². The molecule has 1 atom stereocenters. The van der Waals surface area contributed by atoms with Crippen molar-refractivity contribution in [2.24, 2.45) is 18.9 Å². The summed E-state index contributed by atoms with van der Waals surface area (Å²) in [7, 11) is 1.88. The van der Waals surface area contributed by atoms with E-state index >= 15 is 0 Å². The molecular formula is C37H45F3N8O. The number of alkyl halides is 3. The number of fused-ring (bicyclic) bond motifs is 1. The maximum atomic E-state index is 14.6. The number of anilines is 1. The Bertz CT molecular complexity index is 1750. The number of hydrogen-bond acceptors (Lipinski definition) is 7. The van der Waals surface area contributed by atoms with Crippen LogP contribution in [-0.4, -0.2) is 75.3 Å². The number of rotatable bonds is 8. The largest absolute Gasteiger partial charge is 0.416 e. The first-order valence-electron chi connectivity index (χ1n) is 17.4. The van der Waals surface area contributed by atoms with Gasteiger partial charge in [0.1, 0.15) is 12.2 Å². The van der Waals surface area contributed by atoms with Crippen LogP contribution in [0.3, 0.4) is 0 Å². The van der Waals surface area contributed by atoms with Crippen LogP contribution in [0.15, 0.2) is 42.7 Å². The Labute approximate surface area is 286 Å². The summed E-state index contributed by atoms with van der Waals surface area (Å²) in [4.78, 5) is 20.2. The van der Waals surface area contributed by atoms with Gasteiger partial charge in [0.05, 0.1) is 18.2 Å². The molecule has 49 heavy (non-hydrogen) atoms. The summed E-state index contributed by atoms with van der Waals surface area (Å²) >= 11 is 0. The Kier molecular flexibility index (Phi) is 8.82.